The summed E-state index contributed by atoms with van der Waals surface area (Å²) in [5.41, 5.74) is 0. The standard InChI is InChI=1S/C70H136O17P2/c1-7-10-12-14-16-18-20-21-22-23-24-25-31-35-43-49-55-70(75)86-65(58-80-67(72)52-46-40-33-30-27-26-28-32-39-45-51-63(6)9-3)60-84-88(76,77)82-56-64(71)57-83-89(78,79)85-61-66(59-81-68(73)53-47-41-37-36-38-44-50-62(4)5)87-69(74)54-48-42-34-29-19-17-15-13-11-8-2/h62-66,71H,7-61H2,1-6H3,(H,76,77)(H,78,79)/t63?,64-,65-,66-/m1/s1. The van der Waals surface area contributed by atoms with Crippen molar-refractivity contribution < 1.29 is 80.2 Å². The lowest BCUT2D eigenvalue weighted by atomic mass is 9.99. The maximum atomic E-state index is 13.0. The first-order chi connectivity index (χ1) is 42.9. The molecule has 3 N–H and O–H groups in total. The van der Waals surface area contributed by atoms with Crippen molar-refractivity contribution in [2.75, 3.05) is 39.6 Å². The van der Waals surface area contributed by atoms with E-state index in [4.69, 9.17) is 37.0 Å². The van der Waals surface area contributed by atoms with Crippen LogP contribution in [0.4, 0.5) is 0 Å². The molecule has 0 heterocycles. The first-order valence-electron chi connectivity index (χ1n) is 36.5. The zero-order valence-corrected chi connectivity index (χ0v) is 59.5. The number of phosphoric ester groups is 2. The number of unbranched alkanes of at least 4 members (excludes halogenated alkanes) is 38. The molecule has 0 aliphatic heterocycles. The second-order valence-electron chi connectivity index (χ2n) is 26.0. The largest absolute Gasteiger partial charge is 0.472 e. The van der Waals surface area contributed by atoms with E-state index in [-0.39, 0.29) is 25.7 Å². The van der Waals surface area contributed by atoms with E-state index in [2.05, 4.69) is 41.5 Å². The Morgan fingerprint density at radius 3 is 0.854 bits per heavy atom. The van der Waals surface area contributed by atoms with E-state index in [0.29, 0.717) is 31.6 Å². The average molecular weight is 1310 g/mol. The molecule has 89 heavy (non-hydrogen) atoms. The Morgan fingerprint density at radius 2 is 0.573 bits per heavy atom. The molecule has 0 saturated carbocycles. The van der Waals surface area contributed by atoms with E-state index in [0.717, 1.165) is 102 Å². The van der Waals surface area contributed by atoms with Crippen LogP contribution in [0.5, 0.6) is 0 Å². The molecule has 3 unspecified atom stereocenters. The maximum Gasteiger partial charge on any atom is 0.472 e. The van der Waals surface area contributed by atoms with Crippen LogP contribution < -0.4 is 0 Å². The van der Waals surface area contributed by atoms with Crippen LogP contribution in [-0.4, -0.2) is 96.7 Å². The highest BCUT2D eigenvalue weighted by atomic mass is 31.2. The van der Waals surface area contributed by atoms with E-state index in [1.807, 2.05) is 0 Å². The minimum atomic E-state index is -4.95. The second-order valence-corrected chi connectivity index (χ2v) is 28.9. The highest BCUT2D eigenvalue weighted by molar-refractivity contribution is 7.47. The summed E-state index contributed by atoms with van der Waals surface area (Å²) in [6.45, 7) is 9.49. The molecule has 0 bridgehead atoms. The maximum absolute atomic E-state index is 13.0. The number of carbonyl (C=O) groups is 4. The first kappa shape index (κ1) is 87.1. The molecule has 528 valence electrons. The predicted octanol–water partition coefficient (Wildman–Crippen LogP) is 20.0. The Balaban J connectivity index is 5.23. The summed E-state index contributed by atoms with van der Waals surface area (Å²) in [5, 5.41) is 10.6. The van der Waals surface area contributed by atoms with Gasteiger partial charge in [-0.05, 0) is 37.5 Å². The van der Waals surface area contributed by atoms with Gasteiger partial charge in [0, 0.05) is 25.7 Å². The zero-order valence-electron chi connectivity index (χ0n) is 57.7. The molecule has 0 amide bonds. The summed E-state index contributed by atoms with van der Waals surface area (Å²) in [7, 11) is -9.90. The number of hydrogen-bond donors (Lipinski definition) is 3. The fourth-order valence-electron chi connectivity index (χ4n) is 10.6. The Bertz CT molecular complexity index is 1740. The number of ether oxygens (including phenoxy) is 4. The van der Waals surface area contributed by atoms with Crippen LogP contribution in [0.25, 0.3) is 0 Å². The van der Waals surface area contributed by atoms with Crippen molar-refractivity contribution in [3.8, 4) is 0 Å². The van der Waals surface area contributed by atoms with Crippen molar-refractivity contribution in [2.24, 2.45) is 11.8 Å². The fraction of sp³-hybridized carbons (Fsp3) is 0.943. The quantitative estimate of drug-likeness (QED) is 0.0222. The number of phosphoric acid groups is 2. The molecule has 0 aromatic carbocycles. The van der Waals surface area contributed by atoms with Gasteiger partial charge >= 0.3 is 39.5 Å². The third kappa shape index (κ3) is 63.2. The average Bonchev–Trinajstić information content (AvgIpc) is 3.56. The van der Waals surface area contributed by atoms with Gasteiger partial charge in [0.2, 0.25) is 0 Å². The predicted molar refractivity (Wildman–Crippen MR) is 358 cm³/mol. The number of aliphatic hydroxyl groups is 1. The lowest BCUT2D eigenvalue weighted by molar-refractivity contribution is -0.161. The molecule has 19 heteroatoms. The topological polar surface area (TPSA) is 237 Å². The fourth-order valence-corrected chi connectivity index (χ4v) is 12.1. The number of carbonyl (C=O) groups excluding carboxylic acids is 4. The summed E-state index contributed by atoms with van der Waals surface area (Å²) in [6, 6.07) is 0. The number of rotatable bonds is 69. The monoisotopic (exact) mass is 1310 g/mol. The van der Waals surface area contributed by atoms with Gasteiger partial charge in [-0.3, -0.25) is 37.3 Å². The third-order valence-electron chi connectivity index (χ3n) is 16.6. The van der Waals surface area contributed by atoms with Gasteiger partial charge in [-0.1, -0.05) is 305 Å². The Labute approximate surface area is 543 Å². The highest BCUT2D eigenvalue weighted by Gasteiger charge is 2.30. The molecule has 17 nitrogen and oxygen atoms in total. The molecule has 0 aromatic heterocycles. The zero-order chi connectivity index (χ0) is 65.7. The lowest BCUT2D eigenvalue weighted by Gasteiger charge is -2.21. The lowest BCUT2D eigenvalue weighted by Crippen LogP contribution is -2.30. The van der Waals surface area contributed by atoms with Crippen LogP contribution in [0.1, 0.15) is 356 Å². The summed E-state index contributed by atoms with van der Waals surface area (Å²) < 4.78 is 68.2. The molecule has 0 aliphatic carbocycles. The number of hydrogen-bond acceptors (Lipinski definition) is 15. The summed E-state index contributed by atoms with van der Waals surface area (Å²) >= 11 is 0. The van der Waals surface area contributed by atoms with Gasteiger partial charge in [0.15, 0.2) is 12.2 Å². The summed E-state index contributed by atoms with van der Waals surface area (Å²) in [6.07, 6.45) is 47.2. The van der Waals surface area contributed by atoms with E-state index >= 15 is 0 Å². The summed E-state index contributed by atoms with van der Waals surface area (Å²) in [4.78, 5) is 72.5. The van der Waals surface area contributed by atoms with E-state index in [1.54, 1.807) is 0 Å². The minimum absolute atomic E-state index is 0.105. The van der Waals surface area contributed by atoms with Gasteiger partial charge < -0.3 is 33.8 Å². The third-order valence-corrected chi connectivity index (χ3v) is 18.5. The molecule has 0 rings (SSSR count). The van der Waals surface area contributed by atoms with Crippen LogP contribution in [0.2, 0.25) is 0 Å². The molecule has 0 aliphatic rings. The van der Waals surface area contributed by atoms with Crippen LogP contribution in [0.15, 0.2) is 0 Å². The number of esters is 4. The summed E-state index contributed by atoms with van der Waals surface area (Å²) in [5.74, 6) is -0.636. The van der Waals surface area contributed by atoms with Crippen LogP contribution in [0.3, 0.4) is 0 Å². The molecule has 0 spiro atoms. The van der Waals surface area contributed by atoms with Gasteiger partial charge in [-0.25, -0.2) is 9.13 Å². The van der Waals surface area contributed by atoms with E-state index in [9.17, 15) is 43.2 Å². The van der Waals surface area contributed by atoms with Crippen molar-refractivity contribution in [1.82, 2.24) is 0 Å². The van der Waals surface area contributed by atoms with Crippen molar-refractivity contribution in [2.45, 2.75) is 374 Å². The van der Waals surface area contributed by atoms with Crippen molar-refractivity contribution in [1.29, 1.82) is 0 Å². The molecule has 0 aromatic rings. The van der Waals surface area contributed by atoms with Gasteiger partial charge in [0.1, 0.15) is 19.3 Å². The molecule has 6 atom stereocenters. The van der Waals surface area contributed by atoms with Crippen molar-refractivity contribution in [3.05, 3.63) is 0 Å². The van der Waals surface area contributed by atoms with Gasteiger partial charge in [-0.2, -0.15) is 0 Å². The Morgan fingerprint density at radius 1 is 0.326 bits per heavy atom. The first-order valence-corrected chi connectivity index (χ1v) is 39.5. The smallest absolute Gasteiger partial charge is 0.462 e. The SMILES string of the molecule is CCCCCCCCCCCCCCCCCCC(=O)O[C@H](COC(=O)CCCCCCCCCCCCC(C)CC)COP(=O)(O)OC[C@@H](O)COP(=O)(O)OC[C@@H](COC(=O)CCCCCCCCC(C)C)OC(=O)CCCCCCCCCCCC. The second kappa shape index (κ2) is 62.2. The van der Waals surface area contributed by atoms with Crippen molar-refractivity contribution >= 4 is 39.5 Å². The van der Waals surface area contributed by atoms with Crippen LogP contribution in [-0.2, 0) is 65.4 Å². The van der Waals surface area contributed by atoms with Gasteiger partial charge in [-0.15, -0.1) is 0 Å². The Kier molecular flexibility index (Phi) is 60.8. The Hall–Kier alpha value is -1.94. The highest BCUT2D eigenvalue weighted by Crippen LogP contribution is 2.45. The van der Waals surface area contributed by atoms with Crippen LogP contribution >= 0.6 is 15.6 Å². The van der Waals surface area contributed by atoms with Crippen molar-refractivity contribution in [3.63, 3.8) is 0 Å². The normalized spacial score (nSPS) is 14.4. The van der Waals surface area contributed by atoms with Gasteiger partial charge in [0.25, 0.3) is 0 Å². The molecule has 0 radical (unpaired) electrons. The minimum Gasteiger partial charge on any atom is -0.462 e. The van der Waals surface area contributed by atoms with E-state index in [1.165, 1.54) is 167 Å². The van der Waals surface area contributed by atoms with Crippen LogP contribution in [0, 0.1) is 11.8 Å². The van der Waals surface area contributed by atoms with Gasteiger partial charge in [0.05, 0.1) is 26.4 Å². The van der Waals surface area contributed by atoms with E-state index < -0.39 is 97.5 Å². The molecular weight excluding hydrogens is 1170 g/mol. The molecule has 0 saturated heterocycles. The number of aliphatic hydroxyl groups excluding tert-OH is 1. The molecule has 0 fully saturated rings. The molecular formula is C70H136O17P2.